The first-order valence-corrected chi connectivity index (χ1v) is 6.84. The average Bonchev–Trinajstić information content (AvgIpc) is 2.46. The number of rotatable bonds is 6. The predicted octanol–water partition coefficient (Wildman–Crippen LogP) is 4.08. The van der Waals surface area contributed by atoms with Crippen LogP contribution in [0.1, 0.15) is 22.3 Å². The van der Waals surface area contributed by atoms with Crippen molar-refractivity contribution in [1.29, 1.82) is 0 Å². The molecule has 2 aromatic rings. The lowest BCUT2D eigenvalue weighted by atomic mass is 10.1. The largest absolute Gasteiger partial charge is 0.478 e. The molecule has 0 fully saturated rings. The van der Waals surface area contributed by atoms with Crippen LogP contribution < -0.4 is 5.32 Å². The third-order valence-corrected chi connectivity index (χ3v) is 3.27. The number of hydrogen-bond donors (Lipinski definition) is 2. The summed E-state index contributed by atoms with van der Waals surface area (Å²) in [6.07, 6.45) is 1.99. The van der Waals surface area contributed by atoms with Gasteiger partial charge in [0.15, 0.2) is 0 Å². The molecular formula is C16H16ClNO2. The second kappa shape index (κ2) is 6.96. The molecule has 20 heavy (non-hydrogen) atoms. The molecule has 2 rings (SSSR count). The number of carboxylic acid groups (broad SMARTS) is 1. The standard InChI is InChI=1S/C16H16ClNO2/c17-14-7-3-12(4-8-14)2-1-11-18-15-9-5-13(6-10-15)16(19)20/h3-10,18H,1-2,11H2,(H,19,20). The number of hydrogen-bond acceptors (Lipinski definition) is 2. The number of anilines is 1. The van der Waals surface area contributed by atoms with E-state index >= 15 is 0 Å². The molecule has 0 atom stereocenters. The van der Waals surface area contributed by atoms with E-state index in [1.54, 1.807) is 24.3 Å². The molecule has 0 radical (unpaired) electrons. The van der Waals surface area contributed by atoms with E-state index in [4.69, 9.17) is 16.7 Å². The fraction of sp³-hybridized carbons (Fsp3) is 0.188. The molecule has 0 bridgehead atoms. The van der Waals surface area contributed by atoms with Gasteiger partial charge >= 0.3 is 5.97 Å². The van der Waals surface area contributed by atoms with E-state index in [2.05, 4.69) is 5.32 Å². The Balaban J connectivity index is 1.75. The summed E-state index contributed by atoms with van der Waals surface area (Å²) in [7, 11) is 0. The zero-order valence-corrected chi connectivity index (χ0v) is 11.7. The number of aryl methyl sites for hydroxylation is 1. The summed E-state index contributed by atoms with van der Waals surface area (Å²) in [5.41, 5.74) is 2.50. The lowest BCUT2D eigenvalue weighted by molar-refractivity contribution is 0.0697. The fourth-order valence-corrected chi connectivity index (χ4v) is 2.03. The van der Waals surface area contributed by atoms with Gasteiger partial charge in [-0.05, 0) is 54.8 Å². The Morgan fingerprint density at radius 2 is 1.70 bits per heavy atom. The molecule has 0 spiro atoms. The molecule has 0 aliphatic heterocycles. The zero-order valence-electron chi connectivity index (χ0n) is 11.0. The van der Waals surface area contributed by atoms with Crippen molar-refractivity contribution in [1.82, 2.24) is 0 Å². The van der Waals surface area contributed by atoms with Crippen LogP contribution in [0.25, 0.3) is 0 Å². The van der Waals surface area contributed by atoms with Gasteiger partial charge in [0.2, 0.25) is 0 Å². The average molecular weight is 290 g/mol. The van der Waals surface area contributed by atoms with Crippen LogP contribution in [0.15, 0.2) is 48.5 Å². The zero-order chi connectivity index (χ0) is 14.4. The topological polar surface area (TPSA) is 49.3 Å². The van der Waals surface area contributed by atoms with E-state index in [9.17, 15) is 4.79 Å². The van der Waals surface area contributed by atoms with Gasteiger partial charge in [0.1, 0.15) is 0 Å². The maximum atomic E-state index is 10.7. The number of carboxylic acids is 1. The smallest absolute Gasteiger partial charge is 0.335 e. The van der Waals surface area contributed by atoms with E-state index in [0.29, 0.717) is 5.56 Å². The van der Waals surface area contributed by atoms with Crippen molar-refractivity contribution in [2.24, 2.45) is 0 Å². The lowest BCUT2D eigenvalue weighted by Gasteiger charge is -2.07. The molecule has 0 unspecified atom stereocenters. The first kappa shape index (κ1) is 14.4. The molecule has 0 aliphatic carbocycles. The van der Waals surface area contributed by atoms with Crippen molar-refractivity contribution >= 4 is 23.3 Å². The maximum absolute atomic E-state index is 10.7. The highest BCUT2D eigenvalue weighted by atomic mass is 35.5. The van der Waals surface area contributed by atoms with Crippen LogP contribution in [-0.4, -0.2) is 17.6 Å². The number of aromatic carboxylic acids is 1. The number of halogens is 1. The van der Waals surface area contributed by atoms with Gasteiger partial charge in [0.05, 0.1) is 5.56 Å². The summed E-state index contributed by atoms with van der Waals surface area (Å²) in [6.45, 7) is 0.842. The van der Waals surface area contributed by atoms with E-state index in [-0.39, 0.29) is 0 Å². The van der Waals surface area contributed by atoms with Crippen LogP contribution >= 0.6 is 11.6 Å². The lowest BCUT2D eigenvalue weighted by Crippen LogP contribution is -2.03. The SMILES string of the molecule is O=C(O)c1ccc(NCCCc2ccc(Cl)cc2)cc1. The second-order valence-electron chi connectivity index (χ2n) is 4.54. The summed E-state index contributed by atoms with van der Waals surface area (Å²) in [5.74, 6) is -0.903. The number of nitrogens with one attached hydrogen (secondary N) is 1. The first-order valence-electron chi connectivity index (χ1n) is 6.47. The second-order valence-corrected chi connectivity index (χ2v) is 4.98. The molecule has 0 saturated heterocycles. The third kappa shape index (κ3) is 4.28. The van der Waals surface area contributed by atoms with Crippen molar-refractivity contribution in [3.05, 3.63) is 64.7 Å². The van der Waals surface area contributed by atoms with Crippen molar-refractivity contribution in [3.8, 4) is 0 Å². The van der Waals surface area contributed by atoms with Crippen LogP contribution in [0.2, 0.25) is 5.02 Å². The van der Waals surface area contributed by atoms with Gasteiger partial charge in [-0.1, -0.05) is 23.7 Å². The Morgan fingerprint density at radius 3 is 2.30 bits per heavy atom. The number of benzene rings is 2. The van der Waals surface area contributed by atoms with Gasteiger partial charge in [-0.15, -0.1) is 0 Å². The van der Waals surface area contributed by atoms with Crippen molar-refractivity contribution in [2.75, 3.05) is 11.9 Å². The Hall–Kier alpha value is -2.00. The van der Waals surface area contributed by atoms with E-state index < -0.39 is 5.97 Å². The van der Waals surface area contributed by atoms with Crippen LogP contribution in [0.4, 0.5) is 5.69 Å². The minimum atomic E-state index is -0.903. The molecular weight excluding hydrogens is 274 g/mol. The third-order valence-electron chi connectivity index (χ3n) is 3.02. The van der Waals surface area contributed by atoms with Crippen molar-refractivity contribution in [2.45, 2.75) is 12.8 Å². The minimum Gasteiger partial charge on any atom is -0.478 e. The van der Waals surface area contributed by atoms with Crippen molar-refractivity contribution < 1.29 is 9.90 Å². The normalized spacial score (nSPS) is 10.2. The number of carbonyl (C=O) groups is 1. The predicted molar refractivity (Wildman–Crippen MR) is 81.7 cm³/mol. The molecule has 2 N–H and O–H groups in total. The highest BCUT2D eigenvalue weighted by Crippen LogP contribution is 2.12. The minimum absolute atomic E-state index is 0.303. The van der Waals surface area contributed by atoms with Gasteiger partial charge in [-0.3, -0.25) is 0 Å². The van der Waals surface area contributed by atoms with E-state index in [1.165, 1.54) is 5.56 Å². The molecule has 0 amide bonds. The molecule has 4 heteroatoms. The molecule has 3 nitrogen and oxygen atoms in total. The molecule has 0 saturated carbocycles. The highest BCUT2D eigenvalue weighted by molar-refractivity contribution is 6.30. The first-order chi connectivity index (χ1) is 9.65. The van der Waals surface area contributed by atoms with Gasteiger partial charge in [-0.25, -0.2) is 4.79 Å². The highest BCUT2D eigenvalue weighted by Gasteiger charge is 2.01. The van der Waals surface area contributed by atoms with Crippen LogP contribution in [-0.2, 0) is 6.42 Å². The summed E-state index contributed by atoms with van der Waals surface area (Å²) >= 11 is 5.83. The maximum Gasteiger partial charge on any atom is 0.335 e. The Morgan fingerprint density at radius 1 is 1.05 bits per heavy atom. The Kier molecular flexibility index (Phi) is 5.02. The van der Waals surface area contributed by atoms with Gasteiger partial charge in [0.25, 0.3) is 0 Å². The summed E-state index contributed by atoms with van der Waals surface area (Å²) in [5, 5.41) is 12.8. The van der Waals surface area contributed by atoms with E-state index in [1.807, 2.05) is 24.3 Å². The molecule has 2 aromatic carbocycles. The molecule has 0 heterocycles. The van der Waals surface area contributed by atoms with Crippen molar-refractivity contribution in [3.63, 3.8) is 0 Å². The summed E-state index contributed by atoms with van der Waals surface area (Å²) in [4.78, 5) is 10.7. The van der Waals surface area contributed by atoms with E-state index in [0.717, 1.165) is 30.1 Å². The van der Waals surface area contributed by atoms with Crippen LogP contribution in [0, 0.1) is 0 Å². The van der Waals surface area contributed by atoms with Gasteiger partial charge in [0, 0.05) is 17.3 Å². The Bertz CT molecular complexity index is 564. The summed E-state index contributed by atoms with van der Waals surface area (Å²) < 4.78 is 0. The van der Waals surface area contributed by atoms with Crippen LogP contribution in [0.5, 0.6) is 0 Å². The fourth-order valence-electron chi connectivity index (χ4n) is 1.91. The van der Waals surface area contributed by atoms with Crippen LogP contribution in [0.3, 0.4) is 0 Å². The molecule has 104 valence electrons. The summed E-state index contributed by atoms with van der Waals surface area (Å²) in [6, 6.07) is 14.6. The molecule has 0 aromatic heterocycles. The molecule has 0 aliphatic rings. The van der Waals surface area contributed by atoms with Gasteiger partial charge in [-0.2, -0.15) is 0 Å². The quantitative estimate of drug-likeness (QED) is 0.788. The van der Waals surface area contributed by atoms with Gasteiger partial charge < -0.3 is 10.4 Å². The monoisotopic (exact) mass is 289 g/mol. The Labute approximate surface area is 123 Å².